The lowest BCUT2D eigenvalue weighted by molar-refractivity contribution is -0.119. The van der Waals surface area contributed by atoms with Gasteiger partial charge in [-0.05, 0) is 19.3 Å². The highest BCUT2D eigenvalue weighted by molar-refractivity contribution is 5.78. The topological polar surface area (TPSA) is 59.6 Å². The zero-order chi connectivity index (χ0) is 12.4. The number of rotatable bonds is 3. The van der Waals surface area contributed by atoms with E-state index < -0.39 is 0 Å². The summed E-state index contributed by atoms with van der Waals surface area (Å²) in [7, 11) is 0. The van der Waals surface area contributed by atoms with Crippen LogP contribution in [0.25, 0.3) is 0 Å². The molecule has 0 radical (unpaired) electrons. The van der Waals surface area contributed by atoms with Crippen LogP contribution in [-0.2, 0) is 14.3 Å². The summed E-state index contributed by atoms with van der Waals surface area (Å²) in [6.07, 6.45) is 4.75. The van der Waals surface area contributed by atoms with E-state index in [-0.39, 0.29) is 11.5 Å². The molecule has 2 N–H and O–H groups in total. The van der Waals surface area contributed by atoms with Gasteiger partial charge in [-0.1, -0.05) is 0 Å². The second-order valence-electron chi connectivity index (χ2n) is 5.74. The molecule has 0 aliphatic carbocycles. The number of amides is 1. The third kappa shape index (κ3) is 2.68. The Labute approximate surface area is 108 Å². The lowest BCUT2D eigenvalue weighted by Gasteiger charge is -2.37. The summed E-state index contributed by atoms with van der Waals surface area (Å²) in [4.78, 5) is 11.1. The normalized spacial score (nSPS) is 40.3. The van der Waals surface area contributed by atoms with E-state index in [2.05, 4.69) is 10.6 Å². The summed E-state index contributed by atoms with van der Waals surface area (Å²) in [5.41, 5.74) is -0.0329. The number of ether oxygens (including phenoxy) is 2. The largest absolute Gasteiger partial charge is 0.378 e. The molecule has 0 aromatic rings. The fourth-order valence-electron chi connectivity index (χ4n) is 3.20. The minimum atomic E-state index is -0.0329. The van der Waals surface area contributed by atoms with Gasteiger partial charge in [0.1, 0.15) is 0 Å². The second-order valence-corrected chi connectivity index (χ2v) is 5.74. The number of carbonyl (C=O) groups excluding carboxylic acids is 1. The first-order valence-electron chi connectivity index (χ1n) is 7.00. The van der Waals surface area contributed by atoms with Gasteiger partial charge in [0.15, 0.2) is 0 Å². The van der Waals surface area contributed by atoms with E-state index in [0.29, 0.717) is 18.5 Å². The second kappa shape index (κ2) is 5.15. The first-order valence-corrected chi connectivity index (χ1v) is 7.00. The minimum absolute atomic E-state index is 0.0329. The van der Waals surface area contributed by atoms with Crippen LogP contribution in [0.15, 0.2) is 0 Å². The highest BCUT2D eigenvalue weighted by atomic mass is 16.6. The molecule has 3 heterocycles. The van der Waals surface area contributed by atoms with Crippen molar-refractivity contribution in [1.82, 2.24) is 10.6 Å². The Balaban J connectivity index is 1.46. The average molecular weight is 254 g/mol. The monoisotopic (exact) mass is 254 g/mol. The molecule has 5 nitrogen and oxygen atoms in total. The van der Waals surface area contributed by atoms with E-state index in [1.54, 1.807) is 0 Å². The molecule has 0 aromatic heterocycles. The quantitative estimate of drug-likeness (QED) is 0.755. The van der Waals surface area contributed by atoms with Gasteiger partial charge in [-0.3, -0.25) is 4.79 Å². The number of hydrogen-bond donors (Lipinski definition) is 2. The molecule has 3 aliphatic rings. The lowest BCUT2D eigenvalue weighted by Crippen LogP contribution is -2.49. The van der Waals surface area contributed by atoms with E-state index in [0.717, 1.165) is 52.0 Å². The standard InChI is InChI=1S/C13H22N2O3/c16-12-2-1-11(15-12)8-14-10-3-5-18-13(7-10)4-6-17-9-13/h10-11,14H,1-9H2,(H,15,16). The number of carbonyl (C=O) groups is 1. The van der Waals surface area contributed by atoms with Gasteiger partial charge in [0, 0.05) is 44.7 Å². The molecule has 3 unspecified atom stereocenters. The van der Waals surface area contributed by atoms with Crippen molar-refractivity contribution >= 4 is 5.91 Å². The van der Waals surface area contributed by atoms with Crippen LogP contribution in [0.5, 0.6) is 0 Å². The Bertz CT molecular complexity index is 315. The van der Waals surface area contributed by atoms with Gasteiger partial charge in [-0.15, -0.1) is 0 Å². The van der Waals surface area contributed by atoms with Crippen molar-refractivity contribution in [3.63, 3.8) is 0 Å². The third-order valence-corrected chi connectivity index (χ3v) is 4.30. The molecular weight excluding hydrogens is 232 g/mol. The Morgan fingerprint density at radius 3 is 3.06 bits per heavy atom. The molecule has 5 heteroatoms. The summed E-state index contributed by atoms with van der Waals surface area (Å²) in [6.45, 7) is 3.27. The summed E-state index contributed by atoms with van der Waals surface area (Å²) >= 11 is 0. The molecule has 102 valence electrons. The van der Waals surface area contributed by atoms with Crippen LogP contribution in [0.4, 0.5) is 0 Å². The van der Waals surface area contributed by atoms with Crippen LogP contribution in [0.1, 0.15) is 32.1 Å². The maximum absolute atomic E-state index is 11.1. The summed E-state index contributed by atoms with van der Waals surface area (Å²) in [6, 6.07) is 0.814. The van der Waals surface area contributed by atoms with Gasteiger partial charge in [0.25, 0.3) is 0 Å². The molecule has 0 bridgehead atoms. The first kappa shape index (κ1) is 12.4. The predicted octanol–water partition coefficient (Wildman–Crippen LogP) is 0.193. The lowest BCUT2D eigenvalue weighted by atomic mass is 9.89. The van der Waals surface area contributed by atoms with Gasteiger partial charge in [0.2, 0.25) is 5.91 Å². The Hall–Kier alpha value is -0.650. The van der Waals surface area contributed by atoms with Crippen molar-refractivity contribution < 1.29 is 14.3 Å². The van der Waals surface area contributed by atoms with E-state index in [1.807, 2.05) is 0 Å². The van der Waals surface area contributed by atoms with Crippen molar-refractivity contribution in [3.05, 3.63) is 0 Å². The van der Waals surface area contributed by atoms with Crippen molar-refractivity contribution in [2.75, 3.05) is 26.4 Å². The van der Waals surface area contributed by atoms with Crippen LogP contribution >= 0.6 is 0 Å². The predicted molar refractivity (Wildman–Crippen MR) is 66.3 cm³/mol. The third-order valence-electron chi connectivity index (χ3n) is 4.30. The van der Waals surface area contributed by atoms with Crippen molar-refractivity contribution in [2.45, 2.75) is 49.8 Å². The van der Waals surface area contributed by atoms with E-state index in [4.69, 9.17) is 9.47 Å². The van der Waals surface area contributed by atoms with Gasteiger partial charge >= 0.3 is 0 Å². The molecule has 3 aliphatic heterocycles. The molecule has 3 saturated heterocycles. The zero-order valence-corrected chi connectivity index (χ0v) is 10.7. The number of nitrogens with one attached hydrogen (secondary N) is 2. The van der Waals surface area contributed by atoms with Crippen LogP contribution in [-0.4, -0.2) is 50.0 Å². The summed E-state index contributed by atoms with van der Waals surface area (Å²) < 4.78 is 11.4. The summed E-state index contributed by atoms with van der Waals surface area (Å²) in [5.74, 6) is 0.189. The fraction of sp³-hybridized carbons (Fsp3) is 0.923. The highest BCUT2D eigenvalue weighted by Gasteiger charge is 2.41. The van der Waals surface area contributed by atoms with Gasteiger partial charge in [-0.2, -0.15) is 0 Å². The van der Waals surface area contributed by atoms with E-state index in [1.165, 1.54) is 0 Å². The first-order chi connectivity index (χ1) is 8.76. The van der Waals surface area contributed by atoms with Gasteiger partial charge < -0.3 is 20.1 Å². The Morgan fingerprint density at radius 1 is 1.39 bits per heavy atom. The molecule has 18 heavy (non-hydrogen) atoms. The van der Waals surface area contributed by atoms with Crippen LogP contribution < -0.4 is 10.6 Å². The molecule has 3 rings (SSSR count). The summed E-state index contributed by atoms with van der Waals surface area (Å²) in [5, 5.41) is 6.58. The van der Waals surface area contributed by atoms with Crippen molar-refractivity contribution in [2.24, 2.45) is 0 Å². The van der Waals surface area contributed by atoms with E-state index >= 15 is 0 Å². The smallest absolute Gasteiger partial charge is 0.220 e. The Kier molecular flexibility index (Phi) is 3.54. The maximum atomic E-state index is 11.1. The number of hydrogen-bond acceptors (Lipinski definition) is 4. The van der Waals surface area contributed by atoms with Crippen molar-refractivity contribution in [3.8, 4) is 0 Å². The zero-order valence-electron chi connectivity index (χ0n) is 10.7. The average Bonchev–Trinajstić information content (AvgIpc) is 2.97. The minimum Gasteiger partial charge on any atom is -0.378 e. The van der Waals surface area contributed by atoms with Crippen LogP contribution in [0.3, 0.4) is 0 Å². The SMILES string of the molecule is O=C1CCC(CNC2CCOC3(CCOC3)C2)N1. The van der Waals surface area contributed by atoms with E-state index in [9.17, 15) is 4.79 Å². The van der Waals surface area contributed by atoms with Crippen LogP contribution in [0.2, 0.25) is 0 Å². The maximum Gasteiger partial charge on any atom is 0.220 e. The Morgan fingerprint density at radius 2 is 2.33 bits per heavy atom. The van der Waals surface area contributed by atoms with Crippen LogP contribution in [0, 0.1) is 0 Å². The molecule has 0 aromatic carbocycles. The van der Waals surface area contributed by atoms with Gasteiger partial charge in [0.05, 0.1) is 12.2 Å². The molecule has 1 amide bonds. The molecule has 1 spiro atoms. The molecule has 3 fully saturated rings. The fourth-order valence-corrected chi connectivity index (χ4v) is 3.20. The molecule has 0 saturated carbocycles. The van der Waals surface area contributed by atoms with Crippen molar-refractivity contribution in [1.29, 1.82) is 0 Å². The molecular formula is C13H22N2O3. The molecule has 3 atom stereocenters. The van der Waals surface area contributed by atoms with Gasteiger partial charge in [-0.25, -0.2) is 0 Å². The highest BCUT2D eigenvalue weighted by Crippen LogP contribution is 2.32.